The lowest BCUT2D eigenvalue weighted by molar-refractivity contribution is 1.09. The molecule has 0 radical (unpaired) electrons. The van der Waals surface area contributed by atoms with E-state index >= 15 is 0 Å². The zero-order valence-corrected chi connectivity index (χ0v) is 12.2. The number of nitrogens with one attached hydrogen (secondary N) is 2. The number of H-pyrrole nitrogens is 1. The third kappa shape index (κ3) is 2.60. The van der Waals surface area contributed by atoms with Gasteiger partial charge in [0.1, 0.15) is 0 Å². The summed E-state index contributed by atoms with van der Waals surface area (Å²) in [4.78, 5) is 1.23. The molecule has 2 heterocycles. The van der Waals surface area contributed by atoms with E-state index in [1.165, 1.54) is 21.7 Å². The zero-order chi connectivity index (χ0) is 13.8. The summed E-state index contributed by atoms with van der Waals surface area (Å²) < 4.78 is 0. The fourth-order valence-corrected chi connectivity index (χ4v) is 3.03. The third-order valence-electron chi connectivity index (χ3n) is 3.35. The third-order valence-corrected chi connectivity index (χ3v) is 4.24. The van der Waals surface area contributed by atoms with Gasteiger partial charge in [0.2, 0.25) is 0 Å². The van der Waals surface area contributed by atoms with Crippen molar-refractivity contribution in [3.8, 4) is 10.6 Å². The van der Waals surface area contributed by atoms with E-state index in [0.717, 1.165) is 18.7 Å². The van der Waals surface area contributed by atoms with E-state index < -0.39 is 0 Å². The van der Waals surface area contributed by atoms with Gasteiger partial charge in [-0.2, -0.15) is 5.10 Å². The smallest absolute Gasteiger partial charge is 0.0799 e. The minimum Gasteiger partial charge on any atom is -0.381 e. The van der Waals surface area contributed by atoms with Gasteiger partial charge >= 0.3 is 0 Å². The highest BCUT2D eigenvalue weighted by atomic mass is 32.1. The van der Waals surface area contributed by atoms with Gasteiger partial charge in [-0.15, -0.1) is 11.3 Å². The Morgan fingerprint density at radius 2 is 2.05 bits per heavy atom. The molecule has 0 bridgehead atoms. The molecular formula is C16H17N3S. The van der Waals surface area contributed by atoms with Crippen molar-refractivity contribution in [2.24, 2.45) is 0 Å². The molecule has 0 aliphatic carbocycles. The highest BCUT2D eigenvalue weighted by molar-refractivity contribution is 7.13. The molecule has 0 unspecified atom stereocenters. The molecule has 0 saturated heterocycles. The number of para-hydroxylation sites is 1. The molecule has 0 saturated carbocycles. The molecule has 20 heavy (non-hydrogen) atoms. The van der Waals surface area contributed by atoms with Gasteiger partial charge in [-0.3, -0.25) is 5.10 Å². The maximum Gasteiger partial charge on any atom is 0.0799 e. The molecule has 1 aromatic carbocycles. The molecule has 2 N–H and O–H groups in total. The lowest BCUT2D eigenvalue weighted by Crippen LogP contribution is -2.02. The van der Waals surface area contributed by atoms with E-state index in [-0.39, 0.29) is 0 Å². The van der Waals surface area contributed by atoms with Crippen molar-refractivity contribution in [2.75, 3.05) is 5.32 Å². The fourth-order valence-electron chi connectivity index (χ4n) is 2.27. The Morgan fingerprint density at radius 3 is 2.85 bits per heavy atom. The number of aromatic nitrogens is 2. The molecule has 0 spiro atoms. The summed E-state index contributed by atoms with van der Waals surface area (Å²) in [5.74, 6) is 0. The Bertz CT molecular complexity index is 671. The molecule has 3 aromatic rings. The van der Waals surface area contributed by atoms with Crippen LogP contribution in [0.2, 0.25) is 0 Å². The quantitative estimate of drug-likeness (QED) is 0.732. The molecular weight excluding hydrogens is 266 g/mol. The molecule has 3 nitrogen and oxygen atoms in total. The first kappa shape index (κ1) is 12.9. The number of aryl methyl sites for hydroxylation is 1. The monoisotopic (exact) mass is 283 g/mol. The second-order valence-corrected chi connectivity index (χ2v) is 5.56. The van der Waals surface area contributed by atoms with E-state index in [1.807, 2.05) is 6.20 Å². The minimum atomic E-state index is 0.779. The number of rotatable bonds is 5. The lowest BCUT2D eigenvalue weighted by Gasteiger charge is -2.10. The molecule has 4 heteroatoms. The summed E-state index contributed by atoms with van der Waals surface area (Å²) >= 11 is 1.73. The van der Waals surface area contributed by atoms with E-state index in [2.05, 4.69) is 64.2 Å². The Morgan fingerprint density at radius 1 is 1.15 bits per heavy atom. The molecule has 0 aliphatic heterocycles. The fraction of sp³-hybridized carbons (Fsp3) is 0.188. The van der Waals surface area contributed by atoms with Crippen LogP contribution in [0, 0.1) is 0 Å². The first-order valence-corrected chi connectivity index (χ1v) is 7.64. The summed E-state index contributed by atoms with van der Waals surface area (Å²) in [6.45, 7) is 2.95. The van der Waals surface area contributed by atoms with Crippen LogP contribution in [0.15, 0.2) is 48.0 Å². The van der Waals surface area contributed by atoms with Gasteiger partial charge in [-0.05, 0) is 29.5 Å². The topological polar surface area (TPSA) is 40.7 Å². The van der Waals surface area contributed by atoms with Crippen molar-refractivity contribution in [1.82, 2.24) is 10.2 Å². The standard InChI is InChI=1S/C16H17N3S/c1-2-12-6-3-4-7-14(12)17-10-13-11-18-19-16(13)15-8-5-9-20-15/h3-9,11,17H,2,10H2,1H3,(H,18,19). The summed E-state index contributed by atoms with van der Waals surface area (Å²) in [5.41, 5.74) is 4.85. The first-order chi connectivity index (χ1) is 9.88. The number of anilines is 1. The van der Waals surface area contributed by atoms with Crippen molar-refractivity contribution in [2.45, 2.75) is 19.9 Å². The van der Waals surface area contributed by atoms with Crippen molar-refractivity contribution in [1.29, 1.82) is 0 Å². The Hall–Kier alpha value is -2.07. The second-order valence-electron chi connectivity index (χ2n) is 4.61. The normalized spacial score (nSPS) is 10.7. The molecule has 0 aliphatic rings. The number of aromatic amines is 1. The maximum absolute atomic E-state index is 4.17. The van der Waals surface area contributed by atoms with Gasteiger partial charge in [0.05, 0.1) is 16.8 Å². The summed E-state index contributed by atoms with van der Waals surface area (Å²) in [6.07, 6.45) is 2.93. The van der Waals surface area contributed by atoms with Crippen LogP contribution >= 0.6 is 11.3 Å². The SMILES string of the molecule is CCc1ccccc1NCc1cn[nH]c1-c1cccs1. The van der Waals surface area contributed by atoms with Crippen LogP contribution in [0.1, 0.15) is 18.1 Å². The van der Waals surface area contributed by atoms with Gasteiger partial charge in [-0.1, -0.05) is 31.2 Å². The van der Waals surface area contributed by atoms with Crippen LogP contribution in [0.4, 0.5) is 5.69 Å². The predicted molar refractivity (Wildman–Crippen MR) is 85.0 cm³/mol. The van der Waals surface area contributed by atoms with Crippen LogP contribution in [0.25, 0.3) is 10.6 Å². The van der Waals surface area contributed by atoms with E-state index in [4.69, 9.17) is 0 Å². The average molecular weight is 283 g/mol. The number of hydrogen-bond acceptors (Lipinski definition) is 3. The average Bonchev–Trinajstić information content (AvgIpc) is 3.15. The number of benzene rings is 1. The van der Waals surface area contributed by atoms with Gasteiger partial charge in [0, 0.05) is 17.8 Å². The Balaban J connectivity index is 1.78. The number of thiophene rings is 1. The summed E-state index contributed by atoms with van der Waals surface area (Å²) in [7, 11) is 0. The predicted octanol–water partition coefficient (Wildman–Crippen LogP) is 4.31. The van der Waals surface area contributed by atoms with Crippen LogP contribution in [0.3, 0.4) is 0 Å². The largest absolute Gasteiger partial charge is 0.381 e. The van der Waals surface area contributed by atoms with Gasteiger partial charge in [-0.25, -0.2) is 0 Å². The van der Waals surface area contributed by atoms with Crippen molar-refractivity contribution in [3.63, 3.8) is 0 Å². The molecule has 3 rings (SSSR count). The van der Waals surface area contributed by atoms with Gasteiger partial charge in [0.15, 0.2) is 0 Å². The lowest BCUT2D eigenvalue weighted by atomic mass is 10.1. The summed E-state index contributed by atoms with van der Waals surface area (Å²) in [6, 6.07) is 12.6. The van der Waals surface area contributed by atoms with Crippen molar-refractivity contribution in [3.05, 3.63) is 59.1 Å². The van der Waals surface area contributed by atoms with E-state index in [9.17, 15) is 0 Å². The van der Waals surface area contributed by atoms with Crippen LogP contribution in [0.5, 0.6) is 0 Å². The molecule has 102 valence electrons. The minimum absolute atomic E-state index is 0.779. The van der Waals surface area contributed by atoms with Crippen LogP contribution in [-0.2, 0) is 13.0 Å². The molecule has 0 fully saturated rings. The highest BCUT2D eigenvalue weighted by Crippen LogP contribution is 2.26. The number of nitrogens with zero attached hydrogens (tertiary/aromatic N) is 1. The number of hydrogen-bond donors (Lipinski definition) is 2. The molecule has 2 aromatic heterocycles. The first-order valence-electron chi connectivity index (χ1n) is 6.76. The zero-order valence-electron chi connectivity index (χ0n) is 11.4. The van der Waals surface area contributed by atoms with Crippen molar-refractivity contribution >= 4 is 17.0 Å². The Kier molecular flexibility index (Phi) is 3.83. The van der Waals surface area contributed by atoms with Gasteiger partial charge < -0.3 is 5.32 Å². The molecule has 0 atom stereocenters. The Labute approximate surface area is 122 Å². The van der Waals surface area contributed by atoms with E-state index in [1.54, 1.807) is 11.3 Å². The van der Waals surface area contributed by atoms with Crippen LogP contribution < -0.4 is 5.32 Å². The van der Waals surface area contributed by atoms with Crippen LogP contribution in [-0.4, -0.2) is 10.2 Å². The van der Waals surface area contributed by atoms with Gasteiger partial charge in [0.25, 0.3) is 0 Å². The van der Waals surface area contributed by atoms with E-state index in [0.29, 0.717) is 0 Å². The van der Waals surface area contributed by atoms with Crippen molar-refractivity contribution < 1.29 is 0 Å². The highest BCUT2D eigenvalue weighted by Gasteiger charge is 2.08. The molecule has 0 amide bonds. The maximum atomic E-state index is 4.17. The second kappa shape index (κ2) is 5.92. The summed E-state index contributed by atoms with van der Waals surface area (Å²) in [5, 5.41) is 12.9.